The number of ether oxygens (including phenoxy) is 1. The number of nitrogens with two attached hydrogens (primary N) is 1. The monoisotopic (exact) mass is 484 g/mol. The van der Waals surface area contributed by atoms with Crippen LogP contribution in [-0.4, -0.2) is 23.5 Å². The highest BCUT2D eigenvalue weighted by molar-refractivity contribution is 14.1. The van der Waals surface area contributed by atoms with Crippen molar-refractivity contribution in [3.8, 4) is 0 Å². The molecular weight excluding hydrogens is 470 g/mol. The minimum atomic E-state index is -0.215. The van der Waals surface area contributed by atoms with Gasteiger partial charge in [0.1, 0.15) is 0 Å². The van der Waals surface area contributed by atoms with Crippen LogP contribution in [0.15, 0.2) is 28.9 Å². The van der Waals surface area contributed by atoms with Gasteiger partial charge < -0.3 is 4.74 Å². The molecule has 0 aliphatic rings. The molecule has 0 amide bonds. The Morgan fingerprint density at radius 3 is 2.95 bits per heavy atom. The van der Waals surface area contributed by atoms with Gasteiger partial charge in [-0.25, -0.2) is 5.43 Å². The third-order valence-corrected chi connectivity index (χ3v) is 5.24. The topological polar surface area (TPSA) is 65.1 Å². The number of rotatable bonds is 6. The third-order valence-electron chi connectivity index (χ3n) is 3.06. The Hall–Kier alpha value is -0.190. The largest absolute Gasteiger partial charge is 0.383 e. The number of hydrogen-bond acceptors (Lipinski definition) is 4. The lowest BCUT2D eigenvalue weighted by Gasteiger charge is -2.19. The molecule has 2 rings (SSSR count). The van der Waals surface area contributed by atoms with E-state index >= 15 is 0 Å². The molecule has 0 spiro atoms. The van der Waals surface area contributed by atoms with Crippen LogP contribution in [0.3, 0.4) is 0 Å². The average molecular weight is 486 g/mol. The molecule has 0 aliphatic heterocycles. The maximum atomic E-state index is 6.21. The fraction of sp³-hybridized carbons (Fsp3) is 0.308. The quantitative estimate of drug-likeness (QED) is 0.375. The van der Waals surface area contributed by atoms with Crippen molar-refractivity contribution in [1.82, 2.24) is 15.2 Å². The van der Waals surface area contributed by atoms with E-state index in [1.54, 1.807) is 13.3 Å². The normalized spacial score (nSPS) is 12.6. The molecule has 1 aromatic carbocycles. The molecule has 114 valence electrons. The van der Waals surface area contributed by atoms with Gasteiger partial charge in [-0.1, -0.05) is 17.7 Å². The first-order chi connectivity index (χ1) is 10.1. The van der Waals surface area contributed by atoms with E-state index in [-0.39, 0.29) is 6.04 Å². The van der Waals surface area contributed by atoms with Crippen molar-refractivity contribution in [2.45, 2.75) is 12.6 Å². The summed E-state index contributed by atoms with van der Waals surface area (Å²) in [4.78, 5) is 0. The highest BCUT2D eigenvalue weighted by Crippen LogP contribution is 2.30. The summed E-state index contributed by atoms with van der Waals surface area (Å²) in [5.41, 5.74) is 4.74. The standard InChI is InChI=1S/C13H15BrClIN4O/c1-21-5-4-20-13(9(14)7-18-20)12(19-17)8-2-3-11(16)10(15)6-8/h2-3,6-7,12,19H,4-5,17H2,1H3. The summed E-state index contributed by atoms with van der Waals surface area (Å²) in [7, 11) is 1.66. The molecule has 5 nitrogen and oxygen atoms in total. The summed E-state index contributed by atoms with van der Waals surface area (Å²) in [5.74, 6) is 5.76. The van der Waals surface area contributed by atoms with Gasteiger partial charge in [-0.15, -0.1) is 0 Å². The van der Waals surface area contributed by atoms with Gasteiger partial charge in [0.25, 0.3) is 0 Å². The summed E-state index contributed by atoms with van der Waals surface area (Å²) in [5, 5.41) is 5.05. The SMILES string of the molecule is COCCn1ncc(Br)c1C(NN)c1ccc(I)c(Cl)c1. The lowest BCUT2D eigenvalue weighted by molar-refractivity contribution is 0.182. The van der Waals surface area contributed by atoms with Crippen molar-refractivity contribution >= 4 is 50.1 Å². The molecule has 1 aromatic heterocycles. The van der Waals surface area contributed by atoms with E-state index in [0.29, 0.717) is 18.2 Å². The maximum Gasteiger partial charge on any atom is 0.0890 e. The van der Waals surface area contributed by atoms with Crippen molar-refractivity contribution in [2.24, 2.45) is 5.84 Å². The molecule has 3 N–H and O–H groups in total. The Kier molecular flexibility index (Phi) is 6.45. The first-order valence-electron chi connectivity index (χ1n) is 6.19. The van der Waals surface area contributed by atoms with Crippen LogP contribution < -0.4 is 11.3 Å². The Bertz CT molecular complexity index is 622. The predicted molar refractivity (Wildman–Crippen MR) is 95.1 cm³/mol. The number of nitrogens with zero attached hydrogens (tertiary/aromatic N) is 2. The second-order valence-electron chi connectivity index (χ2n) is 4.37. The van der Waals surface area contributed by atoms with Crippen molar-refractivity contribution in [3.05, 3.63) is 48.7 Å². The van der Waals surface area contributed by atoms with E-state index in [1.807, 2.05) is 22.9 Å². The van der Waals surface area contributed by atoms with Crippen LogP contribution in [0.4, 0.5) is 0 Å². The lowest BCUT2D eigenvalue weighted by atomic mass is 10.0. The summed E-state index contributed by atoms with van der Waals surface area (Å²) in [6.07, 6.45) is 1.75. The van der Waals surface area contributed by atoms with Gasteiger partial charge in [-0.2, -0.15) is 5.10 Å². The first-order valence-corrected chi connectivity index (χ1v) is 8.44. The number of nitrogens with one attached hydrogen (secondary N) is 1. The van der Waals surface area contributed by atoms with Crippen molar-refractivity contribution in [3.63, 3.8) is 0 Å². The maximum absolute atomic E-state index is 6.21. The summed E-state index contributed by atoms with van der Waals surface area (Å²) in [6, 6.07) is 5.66. The van der Waals surface area contributed by atoms with Gasteiger partial charge in [-0.05, 0) is 56.2 Å². The zero-order valence-electron chi connectivity index (χ0n) is 11.3. The number of hydrazine groups is 1. The van der Waals surface area contributed by atoms with E-state index in [1.165, 1.54) is 0 Å². The molecule has 0 saturated heterocycles. The second kappa shape index (κ2) is 7.89. The minimum Gasteiger partial charge on any atom is -0.383 e. The van der Waals surface area contributed by atoms with Crippen LogP contribution in [0.5, 0.6) is 0 Å². The zero-order chi connectivity index (χ0) is 15.4. The average Bonchev–Trinajstić information content (AvgIpc) is 2.83. The van der Waals surface area contributed by atoms with Crippen LogP contribution in [-0.2, 0) is 11.3 Å². The van der Waals surface area contributed by atoms with Gasteiger partial charge >= 0.3 is 0 Å². The van der Waals surface area contributed by atoms with Crippen LogP contribution >= 0.6 is 50.1 Å². The van der Waals surface area contributed by atoms with Crippen molar-refractivity contribution in [1.29, 1.82) is 0 Å². The van der Waals surface area contributed by atoms with E-state index in [2.05, 4.69) is 49.0 Å². The third kappa shape index (κ3) is 3.96. The second-order valence-corrected chi connectivity index (χ2v) is 6.79. The molecule has 1 atom stereocenters. The molecule has 0 radical (unpaired) electrons. The van der Waals surface area contributed by atoms with E-state index in [4.69, 9.17) is 22.2 Å². The summed E-state index contributed by atoms with van der Waals surface area (Å²) in [6.45, 7) is 1.22. The predicted octanol–water partition coefficient (Wildman–Crippen LogP) is 3.10. The smallest absolute Gasteiger partial charge is 0.0890 e. The number of halogens is 3. The molecule has 2 aromatic rings. The molecule has 21 heavy (non-hydrogen) atoms. The van der Waals surface area contributed by atoms with Gasteiger partial charge in [0.05, 0.1) is 40.6 Å². The molecule has 1 unspecified atom stereocenters. The minimum absolute atomic E-state index is 0.215. The first kappa shape index (κ1) is 17.2. The molecule has 8 heteroatoms. The molecule has 0 saturated carbocycles. The molecule has 0 aliphatic carbocycles. The lowest BCUT2D eigenvalue weighted by Crippen LogP contribution is -2.31. The highest BCUT2D eigenvalue weighted by atomic mass is 127. The number of aromatic nitrogens is 2. The van der Waals surface area contributed by atoms with Gasteiger partial charge in [0, 0.05) is 10.7 Å². The van der Waals surface area contributed by atoms with Crippen LogP contribution in [0.1, 0.15) is 17.3 Å². The Morgan fingerprint density at radius 1 is 1.57 bits per heavy atom. The summed E-state index contributed by atoms with van der Waals surface area (Å²) < 4.78 is 8.87. The van der Waals surface area contributed by atoms with Gasteiger partial charge in [-0.3, -0.25) is 10.5 Å². The molecule has 1 heterocycles. The molecule has 0 bridgehead atoms. The molecule has 0 fully saturated rings. The highest BCUT2D eigenvalue weighted by Gasteiger charge is 2.21. The van der Waals surface area contributed by atoms with Crippen molar-refractivity contribution < 1.29 is 4.74 Å². The Labute approximate surface area is 150 Å². The number of methoxy groups -OCH3 is 1. The Morgan fingerprint density at radius 2 is 2.33 bits per heavy atom. The Balaban J connectivity index is 2.40. The van der Waals surface area contributed by atoms with Crippen LogP contribution in [0.25, 0.3) is 0 Å². The van der Waals surface area contributed by atoms with E-state index in [0.717, 1.165) is 19.3 Å². The molecular formula is C13H15BrClIN4O. The summed E-state index contributed by atoms with van der Waals surface area (Å²) >= 11 is 11.9. The zero-order valence-corrected chi connectivity index (χ0v) is 15.8. The number of hydrogen-bond donors (Lipinski definition) is 2. The number of benzene rings is 1. The van der Waals surface area contributed by atoms with Crippen molar-refractivity contribution in [2.75, 3.05) is 13.7 Å². The van der Waals surface area contributed by atoms with E-state index < -0.39 is 0 Å². The van der Waals surface area contributed by atoms with E-state index in [9.17, 15) is 0 Å². The van der Waals surface area contributed by atoms with Crippen LogP contribution in [0.2, 0.25) is 5.02 Å². The van der Waals surface area contributed by atoms with Crippen LogP contribution in [0, 0.1) is 3.57 Å². The fourth-order valence-corrected chi connectivity index (χ4v) is 3.09. The van der Waals surface area contributed by atoms with Gasteiger partial charge in [0.2, 0.25) is 0 Å². The fourth-order valence-electron chi connectivity index (χ4n) is 2.04. The van der Waals surface area contributed by atoms with Gasteiger partial charge in [0.15, 0.2) is 0 Å².